The molecule has 2 fully saturated rings. The molecule has 3 rings (SSSR count). The molecule has 0 saturated carbocycles. The second kappa shape index (κ2) is 7.82. The van der Waals surface area contributed by atoms with E-state index in [0.717, 1.165) is 57.2 Å². The van der Waals surface area contributed by atoms with Gasteiger partial charge in [0.15, 0.2) is 5.96 Å². The number of nitro benzene ring substituents is 1. The third-order valence-electron chi connectivity index (χ3n) is 5.07. The molecule has 1 aromatic carbocycles. The van der Waals surface area contributed by atoms with Crippen LogP contribution in [0.2, 0.25) is 0 Å². The fourth-order valence-electron chi connectivity index (χ4n) is 3.59. The SMILES string of the molecule is CCNC(=NCCc1ccc([N+](=O)[O-])cc1)N1CCC2(CCOC2)C1. The smallest absolute Gasteiger partial charge is 0.269 e. The molecule has 136 valence electrons. The molecule has 0 amide bonds. The Labute approximate surface area is 148 Å². The maximum Gasteiger partial charge on any atom is 0.269 e. The van der Waals surface area contributed by atoms with Crippen LogP contribution in [0.4, 0.5) is 5.69 Å². The summed E-state index contributed by atoms with van der Waals surface area (Å²) in [5, 5.41) is 14.1. The van der Waals surface area contributed by atoms with Crippen LogP contribution in [0.3, 0.4) is 0 Å². The van der Waals surface area contributed by atoms with Crippen molar-refractivity contribution >= 4 is 11.6 Å². The fourth-order valence-corrected chi connectivity index (χ4v) is 3.59. The monoisotopic (exact) mass is 346 g/mol. The highest BCUT2D eigenvalue weighted by Gasteiger charge is 2.42. The highest BCUT2D eigenvalue weighted by Crippen LogP contribution is 2.38. The number of likely N-dealkylation sites (tertiary alicyclic amines) is 1. The first-order valence-corrected chi connectivity index (χ1v) is 8.96. The summed E-state index contributed by atoms with van der Waals surface area (Å²) in [4.78, 5) is 17.4. The second-order valence-corrected chi connectivity index (χ2v) is 6.88. The van der Waals surface area contributed by atoms with E-state index in [1.807, 2.05) is 0 Å². The summed E-state index contributed by atoms with van der Waals surface area (Å²) >= 11 is 0. The zero-order chi connectivity index (χ0) is 17.7. The van der Waals surface area contributed by atoms with E-state index in [-0.39, 0.29) is 10.6 Å². The molecule has 7 nitrogen and oxygen atoms in total. The zero-order valence-corrected chi connectivity index (χ0v) is 14.7. The molecule has 7 heteroatoms. The fraction of sp³-hybridized carbons (Fsp3) is 0.611. The number of nitrogens with one attached hydrogen (secondary N) is 1. The molecular weight excluding hydrogens is 320 g/mol. The van der Waals surface area contributed by atoms with Crippen molar-refractivity contribution in [2.24, 2.45) is 10.4 Å². The first-order chi connectivity index (χ1) is 12.1. The lowest BCUT2D eigenvalue weighted by Crippen LogP contribution is -2.41. The minimum atomic E-state index is -0.374. The van der Waals surface area contributed by atoms with E-state index in [4.69, 9.17) is 9.73 Å². The maximum atomic E-state index is 10.7. The maximum absolute atomic E-state index is 10.7. The van der Waals surface area contributed by atoms with Crippen molar-refractivity contribution < 1.29 is 9.66 Å². The van der Waals surface area contributed by atoms with Crippen LogP contribution in [-0.2, 0) is 11.2 Å². The van der Waals surface area contributed by atoms with E-state index in [2.05, 4.69) is 17.1 Å². The Kier molecular flexibility index (Phi) is 5.53. The van der Waals surface area contributed by atoms with E-state index >= 15 is 0 Å². The lowest BCUT2D eigenvalue weighted by atomic mass is 9.87. The molecule has 2 aliphatic heterocycles. The summed E-state index contributed by atoms with van der Waals surface area (Å²) in [6.45, 7) is 7.36. The Bertz CT molecular complexity index is 624. The Morgan fingerprint density at radius 3 is 2.84 bits per heavy atom. The van der Waals surface area contributed by atoms with E-state index in [9.17, 15) is 10.1 Å². The lowest BCUT2D eigenvalue weighted by Gasteiger charge is -2.25. The number of hydrogen-bond donors (Lipinski definition) is 1. The van der Waals surface area contributed by atoms with Gasteiger partial charge in [0.25, 0.3) is 5.69 Å². The van der Waals surface area contributed by atoms with Crippen molar-refractivity contribution in [3.8, 4) is 0 Å². The van der Waals surface area contributed by atoms with Crippen LogP contribution in [0.5, 0.6) is 0 Å². The van der Waals surface area contributed by atoms with Crippen LogP contribution in [0.15, 0.2) is 29.3 Å². The Balaban J connectivity index is 1.58. The first-order valence-electron chi connectivity index (χ1n) is 8.96. The van der Waals surface area contributed by atoms with Crippen LogP contribution in [-0.4, -0.2) is 55.2 Å². The second-order valence-electron chi connectivity index (χ2n) is 6.88. The summed E-state index contributed by atoms with van der Waals surface area (Å²) in [7, 11) is 0. The molecule has 2 aliphatic rings. The van der Waals surface area contributed by atoms with Crippen LogP contribution < -0.4 is 5.32 Å². The molecule has 1 aromatic rings. The van der Waals surface area contributed by atoms with E-state index in [0.29, 0.717) is 12.0 Å². The average Bonchev–Trinajstić information content (AvgIpc) is 3.25. The van der Waals surface area contributed by atoms with Crippen molar-refractivity contribution in [2.45, 2.75) is 26.2 Å². The van der Waals surface area contributed by atoms with Crippen LogP contribution in [0.1, 0.15) is 25.3 Å². The van der Waals surface area contributed by atoms with Gasteiger partial charge in [0.2, 0.25) is 0 Å². The minimum absolute atomic E-state index is 0.127. The largest absolute Gasteiger partial charge is 0.381 e. The van der Waals surface area contributed by atoms with Gasteiger partial charge in [-0.3, -0.25) is 15.1 Å². The van der Waals surface area contributed by atoms with Gasteiger partial charge in [-0.25, -0.2) is 0 Å². The molecule has 2 saturated heterocycles. The Hall–Kier alpha value is -2.15. The number of non-ortho nitro benzene ring substituents is 1. The highest BCUT2D eigenvalue weighted by molar-refractivity contribution is 5.80. The molecule has 2 heterocycles. The summed E-state index contributed by atoms with van der Waals surface area (Å²) in [6, 6.07) is 6.71. The predicted octanol–water partition coefficient (Wildman–Crippen LogP) is 2.22. The highest BCUT2D eigenvalue weighted by atomic mass is 16.6. The predicted molar refractivity (Wildman–Crippen MR) is 96.8 cm³/mol. The molecule has 1 unspecified atom stereocenters. The van der Waals surface area contributed by atoms with Crippen LogP contribution in [0.25, 0.3) is 0 Å². The molecular formula is C18H26N4O3. The first kappa shape index (κ1) is 17.7. The summed E-state index contributed by atoms with van der Waals surface area (Å²) in [6.07, 6.45) is 3.08. The number of rotatable bonds is 5. The van der Waals surface area contributed by atoms with Gasteiger partial charge in [0.05, 0.1) is 11.5 Å². The summed E-state index contributed by atoms with van der Waals surface area (Å²) in [5.74, 6) is 0.966. The molecule has 1 atom stereocenters. The topological polar surface area (TPSA) is 80.0 Å². The number of aliphatic imine (C=N–C) groups is 1. The standard InChI is InChI=1S/C18H26N4O3/c1-2-19-17(21-11-8-18(13-21)9-12-25-14-18)20-10-7-15-3-5-16(6-4-15)22(23)24/h3-6H,2,7-14H2,1H3,(H,19,20). The number of hydrogen-bond acceptors (Lipinski definition) is 4. The third-order valence-corrected chi connectivity index (χ3v) is 5.07. The Morgan fingerprint density at radius 2 is 2.20 bits per heavy atom. The van der Waals surface area contributed by atoms with Gasteiger partial charge >= 0.3 is 0 Å². The Morgan fingerprint density at radius 1 is 1.40 bits per heavy atom. The molecule has 0 bridgehead atoms. The quantitative estimate of drug-likeness (QED) is 0.383. The van der Waals surface area contributed by atoms with Gasteiger partial charge in [-0.1, -0.05) is 12.1 Å². The molecule has 1 N–H and O–H groups in total. The van der Waals surface area contributed by atoms with E-state index < -0.39 is 0 Å². The normalized spacial score (nSPS) is 23.4. The third kappa shape index (κ3) is 4.28. The van der Waals surface area contributed by atoms with E-state index in [1.54, 1.807) is 24.3 Å². The van der Waals surface area contributed by atoms with Crippen molar-refractivity contribution in [1.29, 1.82) is 0 Å². The van der Waals surface area contributed by atoms with E-state index in [1.165, 1.54) is 6.42 Å². The number of nitrogens with zero attached hydrogens (tertiary/aromatic N) is 3. The van der Waals surface area contributed by atoms with Gasteiger partial charge in [-0.15, -0.1) is 0 Å². The number of nitro groups is 1. The molecule has 0 radical (unpaired) electrons. The molecule has 1 spiro atoms. The van der Waals surface area contributed by atoms with Crippen LogP contribution >= 0.6 is 0 Å². The lowest BCUT2D eigenvalue weighted by molar-refractivity contribution is -0.384. The van der Waals surface area contributed by atoms with Crippen molar-refractivity contribution in [2.75, 3.05) is 39.4 Å². The number of benzene rings is 1. The minimum Gasteiger partial charge on any atom is -0.381 e. The molecule has 0 aromatic heterocycles. The zero-order valence-electron chi connectivity index (χ0n) is 14.7. The number of ether oxygens (including phenoxy) is 1. The summed E-state index contributed by atoms with van der Waals surface area (Å²) in [5.41, 5.74) is 1.50. The van der Waals surface area contributed by atoms with Gasteiger partial charge in [0, 0.05) is 50.3 Å². The van der Waals surface area contributed by atoms with Crippen molar-refractivity contribution in [1.82, 2.24) is 10.2 Å². The van der Waals surface area contributed by atoms with Crippen molar-refractivity contribution in [3.63, 3.8) is 0 Å². The van der Waals surface area contributed by atoms with Gasteiger partial charge < -0.3 is 15.0 Å². The molecule has 0 aliphatic carbocycles. The number of guanidine groups is 1. The van der Waals surface area contributed by atoms with Gasteiger partial charge in [-0.2, -0.15) is 0 Å². The average molecular weight is 346 g/mol. The summed E-state index contributed by atoms with van der Waals surface area (Å²) < 4.78 is 5.60. The van der Waals surface area contributed by atoms with Crippen molar-refractivity contribution in [3.05, 3.63) is 39.9 Å². The van der Waals surface area contributed by atoms with Crippen LogP contribution in [0, 0.1) is 15.5 Å². The molecule has 25 heavy (non-hydrogen) atoms. The van der Waals surface area contributed by atoms with Gasteiger partial charge in [-0.05, 0) is 31.7 Å². The van der Waals surface area contributed by atoms with Gasteiger partial charge in [0.1, 0.15) is 0 Å².